The Bertz CT molecular complexity index is 638. The molecular formula is C15H13F2NO. The molecule has 0 aliphatic carbocycles. The summed E-state index contributed by atoms with van der Waals surface area (Å²) in [6.07, 6.45) is 0. The molecule has 0 atom stereocenters. The second-order valence-electron chi connectivity index (χ2n) is 4.33. The maximum atomic E-state index is 13.4. The third-order valence-corrected chi connectivity index (χ3v) is 3.03. The molecule has 0 aliphatic rings. The van der Waals surface area contributed by atoms with E-state index < -0.39 is 17.5 Å². The number of carbonyl (C=O) groups excluding carboxylic acids is 1. The monoisotopic (exact) mass is 261 g/mol. The highest BCUT2D eigenvalue weighted by Gasteiger charge is 2.13. The van der Waals surface area contributed by atoms with Crippen molar-refractivity contribution in [1.82, 2.24) is 0 Å². The number of amides is 1. The van der Waals surface area contributed by atoms with Crippen molar-refractivity contribution in [3.8, 4) is 0 Å². The number of carbonyl (C=O) groups is 1. The SMILES string of the molecule is Cc1cccc(C(=O)Nc2cc(F)ccc2F)c1C. The molecule has 0 bridgehead atoms. The van der Waals surface area contributed by atoms with E-state index in [1.807, 2.05) is 19.9 Å². The van der Waals surface area contributed by atoms with Gasteiger partial charge in [0.05, 0.1) is 5.69 Å². The molecule has 2 rings (SSSR count). The summed E-state index contributed by atoms with van der Waals surface area (Å²) in [7, 11) is 0. The van der Waals surface area contributed by atoms with Gasteiger partial charge in [0.2, 0.25) is 0 Å². The Hall–Kier alpha value is -2.23. The lowest BCUT2D eigenvalue weighted by molar-refractivity contribution is 0.102. The Balaban J connectivity index is 2.31. The Labute approximate surface area is 110 Å². The second-order valence-corrected chi connectivity index (χ2v) is 4.33. The van der Waals surface area contributed by atoms with Gasteiger partial charge < -0.3 is 5.32 Å². The van der Waals surface area contributed by atoms with E-state index in [0.717, 1.165) is 29.3 Å². The predicted molar refractivity (Wildman–Crippen MR) is 70.2 cm³/mol. The molecule has 2 aromatic rings. The smallest absolute Gasteiger partial charge is 0.256 e. The molecule has 98 valence electrons. The Morgan fingerprint density at radius 2 is 1.84 bits per heavy atom. The van der Waals surface area contributed by atoms with Gasteiger partial charge in [-0.25, -0.2) is 8.78 Å². The van der Waals surface area contributed by atoms with Gasteiger partial charge in [-0.2, -0.15) is 0 Å². The largest absolute Gasteiger partial charge is 0.319 e. The zero-order valence-electron chi connectivity index (χ0n) is 10.6. The predicted octanol–water partition coefficient (Wildman–Crippen LogP) is 3.83. The molecule has 0 aromatic heterocycles. The van der Waals surface area contributed by atoms with E-state index >= 15 is 0 Å². The highest BCUT2D eigenvalue weighted by Crippen LogP contribution is 2.18. The fraction of sp³-hybridized carbons (Fsp3) is 0.133. The fourth-order valence-electron chi connectivity index (χ4n) is 1.78. The molecule has 0 saturated heterocycles. The van der Waals surface area contributed by atoms with Crippen LogP contribution in [0.4, 0.5) is 14.5 Å². The zero-order chi connectivity index (χ0) is 14.0. The van der Waals surface area contributed by atoms with Crippen LogP contribution in [0, 0.1) is 25.5 Å². The van der Waals surface area contributed by atoms with Crippen LogP contribution in [-0.4, -0.2) is 5.91 Å². The third kappa shape index (κ3) is 2.78. The molecule has 1 N–H and O–H groups in total. The molecule has 0 saturated carbocycles. The summed E-state index contributed by atoms with van der Waals surface area (Å²) in [5.74, 6) is -1.72. The molecule has 0 spiro atoms. The second kappa shape index (κ2) is 5.18. The first-order valence-electron chi connectivity index (χ1n) is 5.81. The third-order valence-electron chi connectivity index (χ3n) is 3.03. The van der Waals surface area contributed by atoms with Crippen LogP contribution in [0.1, 0.15) is 21.5 Å². The van der Waals surface area contributed by atoms with Crippen molar-refractivity contribution < 1.29 is 13.6 Å². The van der Waals surface area contributed by atoms with Crippen LogP contribution in [0.3, 0.4) is 0 Å². The van der Waals surface area contributed by atoms with Crippen LogP contribution in [-0.2, 0) is 0 Å². The van der Waals surface area contributed by atoms with Crippen molar-refractivity contribution in [2.75, 3.05) is 5.32 Å². The zero-order valence-corrected chi connectivity index (χ0v) is 10.6. The average molecular weight is 261 g/mol. The normalized spacial score (nSPS) is 10.3. The minimum Gasteiger partial charge on any atom is -0.319 e. The fourth-order valence-corrected chi connectivity index (χ4v) is 1.78. The quantitative estimate of drug-likeness (QED) is 0.874. The van der Waals surface area contributed by atoms with E-state index in [1.165, 1.54) is 0 Å². The topological polar surface area (TPSA) is 29.1 Å². The van der Waals surface area contributed by atoms with Crippen molar-refractivity contribution >= 4 is 11.6 Å². The Morgan fingerprint density at radius 3 is 2.58 bits per heavy atom. The summed E-state index contributed by atoms with van der Waals surface area (Å²) >= 11 is 0. The Morgan fingerprint density at radius 1 is 1.11 bits per heavy atom. The summed E-state index contributed by atoms with van der Waals surface area (Å²) < 4.78 is 26.5. The molecule has 0 radical (unpaired) electrons. The van der Waals surface area contributed by atoms with Gasteiger partial charge in [0.25, 0.3) is 5.91 Å². The maximum Gasteiger partial charge on any atom is 0.256 e. The van der Waals surface area contributed by atoms with Crippen molar-refractivity contribution in [2.45, 2.75) is 13.8 Å². The molecule has 0 unspecified atom stereocenters. The summed E-state index contributed by atoms with van der Waals surface area (Å²) in [6.45, 7) is 3.70. The van der Waals surface area contributed by atoms with Gasteiger partial charge in [-0.1, -0.05) is 12.1 Å². The van der Waals surface area contributed by atoms with Gasteiger partial charge in [-0.05, 0) is 43.2 Å². The van der Waals surface area contributed by atoms with E-state index in [9.17, 15) is 13.6 Å². The average Bonchev–Trinajstić information content (AvgIpc) is 2.37. The van der Waals surface area contributed by atoms with E-state index in [1.54, 1.807) is 12.1 Å². The number of rotatable bonds is 2. The van der Waals surface area contributed by atoms with Crippen LogP contribution < -0.4 is 5.32 Å². The van der Waals surface area contributed by atoms with Crippen molar-refractivity contribution in [2.24, 2.45) is 0 Å². The van der Waals surface area contributed by atoms with Crippen molar-refractivity contribution in [1.29, 1.82) is 0 Å². The molecule has 2 nitrogen and oxygen atoms in total. The molecule has 2 aromatic carbocycles. The molecule has 0 heterocycles. The van der Waals surface area contributed by atoms with Crippen LogP contribution in [0.5, 0.6) is 0 Å². The summed E-state index contributed by atoms with van der Waals surface area (Å²) in [5.41, 5.74) is 2.07. The highest BCUT2D eigenvalue weighted by atomic mass is 19.1. The van der Waals surface area contributed by atoms with E-state index in [2.05, 4.69) is 5.32 Å². The van der Waals surface area contributed by atoms with Crippen LogP contribution in [0.25, 0.3) is 0 Å². The van der Waals surface area contributed by atoms with E-state index in [0.29, 0.717) is 5.56 Å². The molecule has 4 heteroatoms. The van der Waals surface area contributed by atoms with Crippen molar-refractivity contribution in [3.63, 3.8) is 0 Å². The highest BCUT2D eigenvalue weighted by molar-refractivity contribution is 6.05. The van der Waals surface area contributed by atoms with Gasteiger partial charge in [-0.3, -0.25) is 4.79 Å². The lowest BCUT2D eigenvalue weighted by atomic mass is 10.0. The molecule has 0 fully saturated rings. The molecular weight excluding hydrogens is 248 g/mol. The number of benzene rings is 2. The van der Waals surface area contributed by atoms with E-state index in [-0.39, 0.29) is 5.69 Å². The minimum absolute atomic E-state index is 0.161. The number of anilines is 1. The molecule has 19 heavy (non-hydrogen) atoms. The number of hydrogen-bond donors (Lipinski definition) is 1. The van der Waals surface area contributed by atoms with Gasteiger partial charge in [-0.15, -0.1) is 0 Å². The lowest BCUT2D eigenvalue weighted by Crippen LogP contribution is -2.15. The van der Waals surface area contributed by atoms with Crippen LogP contribution in [0.15, 0.2) is 36.4 Å². The summed E-state index contributed by atoms with van der Waals surface area (Å²) in [6, 6.07) is 8.22. The Kier molecular flexibility index (Phi) is 3.60. The number of hydrogen-bond acceptors (Lipinski definition) is 1. The first kappa shape index (κ1) is 13.2. The van der Waals surface area contributed by atoms with Crippen LogP contribution in [0.2, 0.25) is 0 Å². The molecule has 0 aliphatic heterocycles. The summed E-state index contributed by atoms with van der Waals surface area (Å²) in [5, 5.41) is 2.38. The van der Waals surface area contributed by atoms with Gasteiger partial charge in [0.1, 0.15) is 11.6 Å². The van der Waals surface area contributed by atoms with E-state index in [4.69, 9.17) is 0 Å². The molecule has 1 amide bonds. The van der Waals surface area contributed by atoms with Gasteiger partial charge in [0, 0.05) is 11.6 Å². The summed E-state index contributed by atoms with van der Waals surface area (Å²) in [4.78, 5) is 12.1. The lowest BCUT2D eigenvalue weighted by Gasteiger charge is -2.10. The minimum atomic E-state index is -0.667. The number of aryl methyl sites for hydroxylation is 1. The van der Waals surface area contributed by atoms with Gasteiger partial charge >= 0.3 is 0 Å². The van der Waals surface area contributed by atoms with Gasteiger partial charge in [0.15, 0.2) is 0 Å². The number of nitrogens with one attached hydrogen (secondary N) is 1. The maximum absolute atomic E-state index is 13.4. The van der Waals surface area contributed by atoms with Crippen LogP contribution >= 0.6 is 0 Å². The number of halogens is 2. The first-order chi connectivity index (χ1) is 8.99. The first-order valence-corrected chi connectivity index (χ1v) is 5.81. The van der Waals surface area contributed by atoms with Crippen molar-refractivity contribution in [3.05, 3.63) is 64.7 Å². The standard InChI is InChI=1S/C15H13F2NO/c1-9-4-3-5-12(10(9)2)15(19)18-14-8-11(16)6-7-13(14)17/h3-8H,1-2H3,(H,18,19).